The third-order valence-corrected chi connectivity index (χ3v) is 5.14. The molecule has 0 aliphatic carbocycles. The number of halogens is 3. The van der Waals surface area contributed by atoms with E-state index in [4.69, 9.17) is 9.47 Å². The minimum absolute atomic E-state index is 0.0769. The molecule has 2 heterocycles. The first kappa shape index (κ1) is 22.5. The summed E-state index contributed by atoms with van der Waals surface area (Å²) in [6.07, 6.45) is -4.81. The smallest absolute Gasteiger partial charge is 0.416 e. The number of urea groups is 1. The zero-order valence-electron chi connectivity index (χ0n) is 16.3. The van der Waals surface area contributed by atoms with Gasteiger partial charge in [-0.3, -0.25) is 9.69 Å². The summed E-state index contributed by atoms with van der Waals surface area (Å²) in [7, 11) is 2.50. The molecule has 0 fully saturated rings. The number of hydrogen-bond acceptors (Lipinski definition) is 5. The molecule has 0 bridgehead atoms. The Morgan fingerprint density at radius 1 is 1.24 bits per heavy atom. The van der Waals surface area contributed by atoms with Crippen molar-refractivity contribution in [3.05, 3.63) is 40.1 Å². The lowest BCUT2D eigenvalue weighted by Gasteiger charge is -2.36. The molecule has 1 aliphatic rings. The van der Waals surface area contributed by atoms with Crippen LogP contribution in [0.1, 0.15) is 36.8 Å². The molecular weight excluding hydrogens is 409 g/mol. The van der Waals surface area contributed by atoms with Crippen LogP contribution in [0.15, 0.2) is 29.6 Å². The molecule has 29 heavy (non-hydrogen) atoms. The predicted octanol–water partition coefficient (Wildman–Crippen LogP) is 5.46. The van der Waals surface area contributed by atoms with E-state index in [1.807, 2.05) is 13.8 Å². The van der Waals surface area contributed by atoms with Gasteiger partial charge in [-0.15, -0.1) is 11.3 Å². The third-order valence-electron chi connectivity index (χ3n) is 4.12. The van der Waals surface area contributed by atoms with Gasteiger partial charge in [-0.1, -0.05) is 13.8 Å². The molecule has 2 aromatic rings. The summed E-state index contributed by atoms with van der Waals surface area (Å²) in [6.45, 7) is 4.00. The first-order valence-corrected chi connectivity index (χ1v) is 9.64. The molecule has 0 spiro atoms. The van der Waals surface area contributed by atoms with Gasteiger partial charge in [0.1, 0.15) is 5.75 Å². The number of benzene rings is 1. The van der Waals surface area contributed by atoms with Crippen molar-refractivity contribution in [2.75, 3.05) is 24.4 Å². The SMILES string of the molecule is CC.COC(=O)CC1c2sccc2NC(=O)N1c1cc(C(F)(F)F)ccc1OC. The van der Waals surface area contributed by atoms with Gasteiger partial charge in [0.15, 0.2) is 0 Å². The van der Waals surface area contributed by atoms with Crippen molar-refractivity contribution in [2.24, 2.45) is 0 Å². The maximum absolute atomic E-state index is 13.2. The molecule has 0 saturated heterocycles. The Labute approximate surface area is 170 Å². The fourth-order valence-electron chi connectivity index (χ4n) is 2.87. The van der Waals surface area contributed by atoms with E-state index in [0.717, 1.165) is 23.1 Å². The lowest BCUT2D eigenvalue weighted by molar-refractivity contribution is -0.141. The number of nitrogens with one attached hydrogen (secondary N) is 1. The molecule has 1 aromatic heterocycles. The van der Waals surface area contributed by atoms with Crippen LogP contribution in [-0.2, 0) is 15.7 Å². The molecule has 1 aromatic carbocycles. The van der Waals surface area contributed by atoms with Crippen LogP contribution in [0, 0.1) is 0 Å². The molecule has 1 aliphatic heterocycles. The maximum atomic E-state index is 13.2. The first-order chi connectivity index (χ1) is 13.8. The van der Waals surface area contributed by atoms with Crippen molar-refractivity contribution in [3.8, 4) is 5.75 Å². The quantitative estimate of drug-likeness (QED) is 0.655. The summed E-state index contributed by atoms with van der Waals surface area (Å²) in [5.41, 5.74) is -0.501. The van der Waals surface area contributed by atoms with E-state index >= 15 is 0 Å². The minimum atomic E-state index is -4.60. The number of carbonyl (C=O) groups excluding carboxylic acids is 2. The Morgan fingerprint density at radius 2 is 1.93 bits per heavy atom. The van der Waals surface area contributed by atoms with E-state index in [1.54, 1.807) is 11.4 Å². The largest absolute Gasteiger partial charge is 0.495 e. The Balaban J connectivity index is 0.00000145. The van der Waals surface area contributed by atoms with Crippen molar-refractivity contribution < 1.29 is 32.2 Å². The highest BCUT2D eigenvalue weighted by atomic mass is 32.1. The molecule has 1 N–H and O–H groups in total. The van der Waals surface area contributed by atoms with Gasteiger partial charge < -0.3 is 14.8 Å². The van der Waals surface area contributed by atoms with Gasteiger partial charge in [0, 0.05) is 0 Å². The summed E-state index contributed by atoms with van der Waals surface area (Å²) < 4.78 is 49.4. The second-order valence-electron chi connectivity index (χ2n) is 5.68. The number of rotatable bonds is 4. The zero-order chi connectivity index (χ0) is 21.8. The van der Waals surface area contributed by atoms with E-state index in [-0.39, 0.29) is 17.9 Å². The molecule has 0 radical (unpaired) electrons. The number of ether oxygens (including phenoxy) is 2. The number of carbonyl (C=O) groups is 2. The minimum Gasteiger partial charge on any atom is -0.495 e. The van der Waals surface area contributed by atoms with Crippen molar-refractivity contribution in [2.45, 2.75) is 32.5 Å². The molecule has 1 unspecified atom stereocenters. The molecule has 158 valence electrons. The third kappa shape index (κ3) is 4.64. The van der Waals surface area contributed by atoms with Crippen LogP contribution in [0.5, 0.6) is 5.75 Å². The Kier molecular flexibility index (Phi) is 7.12. The van der Waals surface area contributed by atoms with Crippen molar-refractivity contribution >= 4 is 34.7 Å². The van der Waals surface area contributed by atoms with Gasteiger partial charge in [-0.05, 0) is 29.6 Å². The normalized spacial score (nSPS) is 15.6. The van der Waals surface area contributed by atoms with Crippen LogP contribution in [0.25, 0.3) is 0 Å². The maximum Gasteiger partial charge on any atom is 0.416 e. The number of nitrogens with zero attached hydrogens (tertiary/aromatic N) is 1. The Morgan fingerprint density at radius 3 is 2.52 bits per heavy atom. The van der Waals surface area contributed by atoms with Crippen molar-refractivity contribution in [1.29, 1.82) is 0 Å². The molecule has 6 nitrogen and oxygen atoms in total. The van der Waals surface area contributed by atoms with Crippen molar-refractivity contribution in [3.63, 3.8) is 0 Å². The second kappa shape index (κ2) is 9.17. The van der Waals surface area contributed by atoms with Crippen LogP contribution in [0.3, 0.4) is 0 Å². The van der Waals surface area contributed by atoms with Crippen LogP contribution in [-0.4, -0.2) is 26.2 Å². The highest BCUT2D eigenvalue weighted by molar-refractivity contribution is 7.10. The topological polar surface area (TPSA) is 67.9 Å². The monoisotopic (exact) mass is 430 g/mol. The van der Waals surface area contributed by atoms with Crippen LogP contribution < -0.4 is 15.0 Å². The number of anilines is 2. The lowest BCUT2D eigenvalue weighted by atomic mass is 10.0. The van der Waals surface area contributed by atoms with Gasteiger partial charge in [-0.2, -0.15) is 13.2 Å². The van der Waals surface area contributed by atoms with Gasteiger partial charge in [0.05, 0.1) is 48.5 Å². The summed E-state index contributed by atoms with van der Waals surface area (Å²) >= 11 is 1.28. The number of amides is 2. The molecule has 3 rings (SSSR count). The number of fused-ring (bicyclic) bond motifs is 1. The summed E-state index contributed by atoms with van der Waals surface area (Å²) in [6, 6.07) is 3.04. The van der Waals surface area contributed by atoms with E-state index in [2.05, 4.69) is 5.32 Å². The zero-order valence-corrected chi connectivity index (χ0v) is 17.1. The average molecular weight is 430 g/mol. The number of esters is 1. The summed E-state index contributed by atoms with van der Waals surface area (Å²) in [4.78, 5) is 26.3. The highest BCUT2D eigenvalue weighted by Crippen LogP contribution is 2.45. The Bertz CT molecular complexity index is 883. The molecular formula is C19H21F3N2O4S. The highest BCUT2D eigenvalue weighted by Gasteiger charge is 2.39. The average Bonchev–Trinajstić information content (AvgIpc) is 3.16. The predicted molar refractivity (Wildman–Crippen MR) is 105 cm³/mol. The van der Waals surface area contributed by atoms with E-state index in [0.29, 0.717) is 10.6 Å². The Hall–Kier alpha value is -2.75. The number of methoxy groups -OCH3 is 2. The van der Waals surface area contributed by atoms with E-state index in [1.165, 1.54) is 25.6 Å². The van der Waals surface area contributed by atoms with Crippen LogP contribution >= 0.6 is 11.3 Å². The molecule has 10 heteroatoms. The molecule has 0 saturated carbocycles. The molecule has 1 atom stereocenters. The fraction of sp³-hybridized carbons (Fsp3) is 0.368. The van der Waals surface area contributed by atoms with E-state index < -0.39 is 29.8 Å². The van der Waals surface area contributed by atoms with Gasteiger partial charge >= 0.3 is 18.2 Å². The van der Waals surface area contributed by atoms with Gasteiger partial charge in [0.2, 0.25) is 0 Å². The van der Waals surface area contributed by atoms with Crippen LogP contribution in [0.4, 0.5) is 29.3 Å². The van der Waals surface area contributed by atoms with Gasteiger partial charge in [0.25, 0.3) is 0 Å². The summed E-state index contributed by atoms with van der Waals surface area (Å²) in [5.74, 6) is -0.516. The second-order valence-corrected chi connectivity index (χ2v) is 6.63. The van der Waals surface area contributed by atoms with Crippen LogP contribution in [0.2, 0.25) is 0 Å². The fourth-order valence-corrected chi connectivity index (χ4v) is 3.82. The first-order valence-electron chi connectivity index (χ1n) is 8.76. The van der Waals surface area contributed by atoms with E-state index in [9.17, 15) is 22.8 Å². The van der Waals surface area contributed by atoms with Gasteiger partial charge in [-0.25, -0.2) is 4.79 Å². The standard InChI is InChI=1S/C17H15F3N2O4S.C2H6/c1-25-13-4-3-9(17(18,19)20)7-11(13)22-12(8-14(23)26-2)15-10(5-6-27-15)21-16(22)24;1-2/h3-7,12H,8H2,1-2H3,(H,21,24);1-2H3. The number of alkyl halides is 3. The molecule has 2 amide bonds. The summed E-state index contributed by atoms with van der Waals surface area (Å²) in [5, 5.41) is 4.35. The number of hydrogen-bond donors (Lipinski definition) is 1. The van der Waals surface area contributed by atoms with Crippen molar-refractivity contribution in [1.82, 2.24) is 0 Å². The lowest BCUT2D eigenvalue weighted by Crippen LogP contribution is -2.43. The number of thiophene rings is 1.